The number of aliphatic hydroxyl groups is 1. The van der Waals surface area contributed by atoms with Crippen LogP contribution in [-0.2, 0) is 19.1 Å². The molecule has 0 spiro atoms. The number of nitrogens with zero attached hydrogens (tertiary/aromatic N) is 4. The number of aryl methyl sites for hydroxylation is 1. The lowest BCUT2D eigenvalue weighted by Gasteiger charge is -2.34. The number of esters is 2. The molecule has 14 heteroatoms. The van der Waals surface area contributed by atoms with Crippen molar-refractivity contribution in [1.29, 1.82) is 0 Å². The number of amidine groups is 1. The summed E-state index contributed by atoms with van der Waals surface area (Å²) < 4.78 is 57.4. The SMILES string of the molecule is CCOC(=O)C1=C(CN2CC(F)(F)[C@H]3[C@@H]2CCN3CC(C)(O)C(=O)OC(C)(C)C)NC(c2nc(C)cs2)=N[C@H]1c1cccc(F)c1C. The van der Waals surface area contributed by atoms with Crippen LogP contribution in [0.1, 0.15) is 68.9 Å². The third kappa shape index (κ3) is 7.25. The van der Waals surface area contributed by atoms with E-state index in [4.69, 9.17) is 14.5 Å². The number of halogens is 3. The van der Waals surface area contributed by atoms with Gasteiger partial charge in [-0.25, -0.2) is 27.7 Å². The van der Waals surface area contributed by atoms with Crippen LogP contribution in [0.25, 0.3) is 0 Å². The number of alkyl halides is 2. The Labute approximate surface area is 276 Å². The molecule has 256 valence electrons. The molecule has 0 bridgehead atoms. The van der Waals surface area contributed by atoms with Crippen LogP contribution in [0.15, 0.2) is 39.8 Å². The van der Waals surface area contributed by atoms with Crippen LogP contribution in [0.4, 0.5) is 13.2 Å². The normalized spacial score (nSPS) is 24.4. The van der Waals surface area contributed by atoms with Crippen LogP contribution in [0.3, 0.4) is 0 Å². The van der Waals surface area contributed by atoms with Gasteiger partial charge in [0.15, 0.2) is 16.4 Å². The van der Waals surface area contributed by atoms with E-state index in [2.05, 4.69) is 10.3 Å². The van der Waals surface area contributed by atoms with Gasteiger partial charge in [-0.2, -0.15) is 0 Å². The minimum Gasteiger partial charge on any atom is -0.463 e. The summed E-state index contributed by atoms with van der Waals surface area (Å²) in [6.45, 7) is 10.6. The van der Waals surface area contributed by atoms with Crippen LogP contribution >= 0.6 is 11.3 Å². The van der Waals surface area contributed by atoms with Gasteiger partial charge >= 0.3 is 11.9 Å². The Bertz CT molecular complexity index is 1600. The molecular weight excluding hydrogens is 635 g/mol. The van der Waals surface area contributed by atoms with E-state index in [1.54, 1.807) is 45.6 Å². The Balaban J connectivity index is 1.50. The van der Waals surface area contributed by atoms with Crippen molar-refractivity contribution in [3.63, 3.8) is 0 Å². The second kappa shape index (κ2) is 12.9. The number of benzene rings is 1. The molecule has 4 atom stereocenters. The largest absolute Gasteiger partial charge is 0.463 e. The summed E-state index contributed by atoms with van der Waals surface area (Å²) >= 11 is 1.33. The van der Waals surface area contributed by atoms with Gasteiger partial charge in [0, 0.05) is 42.4 Å². The highest BCUT2D eigenvalue weighted by Gasteiger charge is 2.60. The maximum absolute atomic E-state index is 15.9. The van der Waals surface area contributed by atoms with E-state index in [-0.39, 0.29) is 31.8 Å². The van der Waals surface area contributed by atoms with Gasteiger partial charge in [0.2, 0.25) is 0 Å². The van der Waals surface area contributed by atoms with Crippen LogP contribution in [0.2, 0.25) is 0 Å². The molecule has 0 radical (unpaired) electrons. The van der Waals surface area contributed by atoms with Crippen LogP contribution in [0, 0.1) is 19.7 Å². The van der Waals surface area contributed by atoms with E-state index in [0.29, 0.717) is 34.1 Å². The van der Waals surface area contributed by atoms with E-state index in [9.17, 15) is 19.1 Å². The molecule has 3 aliphatic rings. The maximum Gasteiger partial charge on any atom is 0.339 e. The predicted octanol–water partition coefficient (Wildman–Crippen LogP) is 4.29. The number of aliphatic imine (C=N–C) groups is 1. The van der Waals surface area contributed by atoms with E-state index >= 15 is 8.78 Å². The summed E-state index contributed by atoms with van der Waals surface area (Å²) in [5.41, 5.74) is -0.956. The number of aromatic nitrogens is 1. The van der Waals surface area contributed by atoms with Crippen LogP contribution in [-0.4, -0.2) is 99.7 Å². The number of carbonyl (C=O) groups excluding carboxylic acids is 2. The van der Waals surface area contributed by atoms with Gasteiger partial charge in [0.05, 0.1) is 24.8 Å². The molecule has 1 aromatic heterocycles. The topological polar surface area (TPSA) is 117 Å². The number of fused-ring (bicyclic) bond motifs is 1. The van der Waals surface area contributed by atoms with Gasteiger partial charge in [-0.3, -0.25) is 14.8 Å². The molecule has 1 unspecified atom stereocenters. The molecule has 0 saturated carbocycles. The molecule has 3 aliphatic heterocycles. The zero-order chi connectivity index (χ0) is 34.5. The number of hydrogen-bond acceptors (Lipinski definition) is 11. The first-order valence-electron chi connectivity index (χ1n) is 15.7. The second-order valence-electron chi connectivity index (χ2n) is 13.6. The highest BCUT2D eigenvalue weighted by Crippen LogP contribution is 2.43. The van der Waals surface area contributed by atoms with Crippen molar-refractivity contribution in [2.45, 2.75) is 90.1 Å². The molecule has 2 saturated heterocycles. The van der Waals surface area contributed by atoms with E-state index < -0.39 is 59.6 Å². The fourth-order valence-corrected chi connectivity index (χ4v) is 7.29. The standard InChI is InChI=1S/C33H42F3N5O5S/c1-8-45-29(42)24-22(38-27(28-37-18(2)15-47-28)39-25(24)20-10-9-11-21(34)19(20)3)14-41-17-33(35,36)26-23(41)12-13-40(26)16-32(7,44)30(43)46-31(4,5)6/h9-11,15,23,25-26,44H,8,12-14,16-17H2,1-7H3,(H,38,39)/t23-,25-,26+,32?/m0/s1. The Morgan fingerprint density at radius 3 is 2.55 bits per heavy atom. The highest BCUT2D eigenvalue weighted by atomic mass is 32.1. The number of ether oxygens (including phenoxy) is 2. The van der Waals surface area contributed by atoms with Crippen molar-refractivity contribution < 1.29 is 37.3 Å². The molecule has 2 aromatic rings. The van der Waals surface area contributed by atoms with Gasteiger partial charge in [-0.15, -0.1) is 11.3 Å². The number of nitrogens with one attached hydrogen (secondary N) is 1. The van der Waals surface area contributed by atoms with E-state index in [1.807, 2.05) is 12.3 Å². The second-order valence-corrected chi connectivity index (χ2v) is 14.4. The number of likely N-dealkylation sites (tertiary alicyclic amines) is 2. The van der Waals surface area contributed by atoms with Crippen molar-refractivity contribution in [2.24, 2.45) is 4.99 Å². The molecule has 5 rings (SSSR count). The van der Waals surface area contributed by atoms with Gasteiger partial charge < -0.3 is 19.9 Å². The highest BCUT2D eigenvalue weighted by molar-refractivity contribution is 7.11. The summed E-state index contributed by atoms with van der Waals surface area (Å²) in [6, 6.07) is 1.62. The van der Waals surface area contributed by atoms with Crippen molar-refractivity contribution in [2.75, 3.05) is 32.8 Å². The molecule has 1 aromatic carbocycles. The number of hydrogen-bond donors (Lipinski definition) is 2. The molecule has 2 N–H and O–H groups in total. The predicted molar refractivity (Wildman–Crippen MR) is 171 cm³/mol. The molecule has 0 aliphatic carbocycles. The molecular formula is C33H42F3N5O5S. The van der Waals surface area contributed by atoms with E-state index in [1.165, 1.54) is 35.3 Å². The Hall–Kier alpha value is -3.33. The molecule has 0 amide bonds. The first kappa shape index (κ1) is 35.0. The minimum absolute atomic E-state index is 0.0612. The summed E-state index contributed by atoms with van der Waals surface area (Å²) in [4.78, 5) is 38.8. The van der Waals surface area contributed by atoms with E-state index in [0.717, 1.165) is 5.69 Å². The molecule has 10 nitrogen and oxygen atoms in total. The Kier molecular flexibility index (Phi) is 9.63. The van der Waals surface area contributed by atoms with Crippen LogP contribution in [0.5, 0.6) is 0 Å². The average Bonchev–Trinajstić information content (AvgIpc) is 3.65. The third-order valence-electron chi connectivity index (χ3n) is 8.54. The molecule has 4 heterocycles. The maximum atomic E-state index is 15.9. The van der Waals surface area contributed by atoms with Gasteiger partial charge in [-0.1, -0.05) is 12.1 Å². The monoisotopic (exact) mass is 677 g/mol. The number of thiazole rings is 1. The van der Waals surface area contributed by atoms with Crippen molar-refractivity contribution in [1.82, 2.24) is 20.1 Å². The number of β-amino-alcohol motifs (C(OH)–C–C–N with tert-alkyl or cyclic N) is 1. The van der Waals surface area contributed by atoms with Gasteiger partial charge in [-0.05, 0) is 72.1 Å². The van der Waals surface area contributed by atoms with Gasteiger partial charge in [0.25, 0.3) is 5.92 Å². The first-order chi connectivity index (χ1) is 21.9. The fraction of sp³-hybridized carbons (Fsp3) is 0.576. The lowest BCUT2D eigenvalue weighted by atomic mass is 9.92. The fourth-order valence-electron chi connectivity index (χ4n) is 6.54. The smallest absolute Gasteiger partial charge is 0.339 e. The van der Waals surface area contributed by atoms with Crippen molar-refractivity contribution in [3.05, 3.63) is 62.5 Å². The number of rotatable bonds is 9. The van der Waals surface area contributed by atoms with Crippen molar-refractivity contribution in [3.8, 4) is 0 Å². The number of carbonyl (C=O) groups is 2. The third-order valence-corrected chi connectivity index (χ3v) is 9.51. The molecule has 47 heavy (non-hydrogen) atoms. The summed E-state index contributed by atoms with van der Waals surface area (Å²) in [5.74, 6) is -4.91. The summed E-state index contributed by atoms with van der Waals surface area (Å²) in [5, 5.41) is 16.6. The lowest BCUT2D eigenvalue weighted by molar-refractivity contribution is -0.178. The van der Waals surface area contributed by atoms with Crippen molar-refractivity contribution >= 4 is 29.1 Å². The summed E-state index contributed by atoms with van der Waals surface area (Å²) in [7, 11) is 0. The molecule has 2 fully saturated rings. The van der Waals surface area contributed by atoms with Crippen LogP contribution < -0.4 is 5.32 Å². The van der Waals surface area contributed by atoms with Gasteiger partial charge in [0.1, 0.15) is 17.5 Å². The minimum atomic E-state index is -3.20. The Morgan fingerprint density at radius 1 is 1.19 bits per heavy atom. The zero-order valence-corrected chi connectivity index (χ0v) is 28.5. The first-order valence-corrected chi connectivity index (χ1v) is 16.5. The zero-order valence-electron chi connectivity index (χ0n) is 27.7. The Morgan fingerprint density at radius 2 is 1.91 bits per heavy atom. The average molecular weight is 678 g/mol. The summed E-state index contributed by atoms with van der Waals surface area (Å²) in [6.07, 6.45) is 0.339. The lowest BCUT2D eigenvalue weighted by Crippen LogP contribution is -2.54. The quantitative estimate of drug-likeness (QED) is 0.375.